The van der Waals surface area contributed by atoms with E-state index in [-0.39, 0.29) is 0 Å². The Morgan fingerprint density at radius 2 is 0.754 bits per heavy atom. The first-order chi connectivity index (χ1) is 34.3. The lowest BCUT2D eigenvalue weighted by Gasteiger charge is -2.32. The van der Waals surface area contributed by atoms with Crippen molar-refractivity contribution >= 4 is 48.6 Å². The van der Waals surface area contributed by atoms with Crippen molar-refractivity contribution in [2.75, 3.05) is 4.90 Å². The summed E-state index contributed by atoms with van der Waals surface area (Å²) in [6.45, 7) is 0. The number of benzene rings is 11. The molecule has 2 aliphatic carbocycles. The van der Waals surface area contributed by atoms with Gasteiger partial charge in [0.05, 0.1) is 11.1 Å². The standard InChI is InChI=1S/C67H43NS/c1-3-19-44(20-4-1)49-23-7-8-27-55(49)65-50(45-21-5-2-6-22-45)29-17-34-62(65)68(47-39-37-46(38-40-47)51-30-18-36-64-66(51)56-28-12-16-35-63(56)69-64)48-41-42-61-57(43-48)54-26-11-15-33-60(54)67(61)58-31-13-9-24-52(58)53-25-10-14-32-59(53)67/h1-43H. The molecule has 1 nitrogen and oxygen atoms in total. The Hall–Kier alpha value is -8.56. The van der Waals surface area contributed by atoms with Crippen molar-refractivity contribution in [2.45, 2.75) is 5.41 Å². The zero-order valence-corrected chi connectivity index (χ0v) is 38.5. The molecule has 0 bridgehead atoms. The van der Waals surface area contributed by atoms with Crippen LogP contribution >= 0.6 is 11.3 Å². The van der Waals surface area contributed by atoms with Crippen LogP contribution in [0.3, 0.4) is 0 Å². The summed E-state index contributed by atoms with van der Waals surface area (Å²) < 4.78 is 2.62. The number of anilines is 3. The molecule has 0 atom stereocenters. The van der Waals surface area contributed by atoms with Gasteiger partial charge in [-0.05, 0) is 126 Å². The van der Waals surface area contributed by atoms with Crippen LogP contribution in [0.1, 0.15) is 22.3 Å². The Kier molecular flexibility index (Phi) is 9.05. The SMILES string of the molecule is c1ccc(-c2ccccc2-c2c(-c3ccccc3)cccc2N(c2ccc(-c3cccc4sc5ccccc5c34)cc2)c2ccc3c(c2)-c2ccccc2C32c3ccccc3-c3ccccc32)cc1. The summed E-state index contributed by atoms with van der Waals surface area (Å²) in [6.07, 6.45) is 0. The maximum Gasteiger partial charge on any atom is 0.0725 e. The van der Waals surface area contributed by atoms with E-state index in [1.165, 1.54) is 109 Å². The van der Waals surface area contributed by atoms with Crippen LogP contribution in [0.5, 0.6) is 0 Å². The molecule has 0 radical (unpaired) electrons. The molecule has 0 aliphatic heterocycles. The molecule has 1 aromatic heterocycles. The van der Waals surface area contributed by atoms with Gasteiger partial charge in [-0.3, -0.25) is 0 Å². The molecule has 322 valence electrons. The molecular weight excluding hydrogens is 851 g/mol. The summed E-state index contributed by atoms with van der Waals surface area (Å²) in [6, 6.07) is 96.9. The zero-order valence-electron chi connectivity index (χ0n) is 37.7. The highest BCUT2D eigenvalue weighted by molar-refractivity contribution is 7.25. The summed E-state index contributed by atoms with van der Waals surface area (Å²) in [4.78, 5) is 2.51. The Bertz CT molecular complexity index is 3910. The third-order valence-electron chi connectivity index (χ3n) is 14.7. The summed E-state index contributed by atoms with van der Waals surface area (Å²) in [5, 5.41) is 2.63. The van der Waals surface area contributed by atoms with Crippen LogP contribution in [-0.2, 0) is 5.41 Å². The molecule has 0 amide bonds. The van der Waals surface area contributed by atoms with Crippen molar-refractivity contribution in [3.63, 3.8) is 0 Å². The highest BCUT2D eigenvalue weighted by Gasteiger charge is 2.51. The van der Waals surface area contributed by atoms with E-state index in [0.717, 1.165) is 17.1 Å². The maximum atomic E-state index is 2.51. The van der Waals surface area contributed by atoms with Crippen LogP contribution in [0.25, 0.3) is 86.9 Å². The first kappa shape index (κ1) is 39.6. The van der Waals surface area contributed by atoms with E-state index in [2.05, 4.69) is 266 Å². The summed E-state index contributed by atoms with van der Waals surface area (Å²) in [5.41, 5.74) is 22.9. The molecule has 0 saturated heterocycles. The van der Waals surface area contributed by atoms with Gasteiger partial charge in [-0.1, -0.05) is 218 Å². The first-order valence-corrected chi connectivity index (χ1v) is 24.7. The van der Waals surface area contributed by atoms with Gasteiger partial charge in [0.15, 0.2) is 0 Å². The van der Waals surface area contributed by atoms with Gasteiger partial charge < -0.3 is 4.90 Å². The van der Waals surface area contributed by atoms with E-state index in [0.29, 0.717) is 0 Å². The van der Waals surface area contributed by atoms with E-state index >= 15 is 0 Å². The van der Waals surface area contributed by atoms with Crippen LogP contribution in [0, 0.1) is 0 Å². The molecule has 12 aromatic rings. The van der Waals surface area contributed by atoms with Crippen LogP contribution in [0.4, 0.5) is 17.1 Å². The molecule has 2 aliphatic rings. The molecular formula is C67H43NS. The molecule has 14 rings (SSSR count). The van der Waals surface area contributed by atoms with Gasteiger partial charge in [0, 0.05) is 37.1 Å². The fourth-order valence-electron chi connectivity index (χ4n) is 11.9. The maximum absolute atomic E-state index is 2.51. The second-order valence-electron chi connectivity index (χ2n) is 18.3. The third-order valence-corrected chi connectivity index (χ3v) is 15.9. The fraction of sp³-hybridized carbons (Fsp3) is 0.0149. The normalized spacial score (nSPS) is 12.8. The van der Waals surface area contributed by atoms with Crippen molar-refractivity contribution in [2.24, 2.45) is 0 Å². The molecule has 2 heteroatoms. The summed E-state index contributed by atoms with van der Waals surface area (Å²) in [5.74, 6) is 0. The number of rotatable bonds is 7. The van der Waals surface area contributed by atoms with Crippen molar-refractivity contribution in [1.29, 1.82) is 0 Å². The Balaban J connectivity index is 1.03. The van der Waals surface area contributed by atoms with Gasteiger partial charge >= 0.3 is 0 Å². The Morgan fingerprint density at radius 1 is 0.290 bits per heavy atom. The van der Waals surface area contributed by atoms with Crippen molar-refractivity contribution in [1.82, 2.24) is 0 Å². The largest absolute Gasteiger partial charge is 0.310 e. The van der Waals surface area contributed by atoms with E-state index in [1.54, 1.807) is 0 Å². The second-order valence-corrected chi connectivity index (χ2v) is 19.3. The summed E-state index contributed by atoms with van der Waals surface area (Å²) in [7, 11) is 0. The highest BCUT2D eigenvalue weighted by Crippen LogP contribution is 2.63. The van der Waals surface area contributed by atoms with Crippen molar-refractivity contribution in [3.8, 4) is 66.8 Å². The van der Waals surface area contributed by atoms with Gasteiger partial charge in [-0.25, -0.2) is 0 Å². The molecule has 1 spiro atoms. The predicted octanol–water partition coefficient (Wildman–Crippen LogP) is 18.5. The van der Waals surface area contributed by atoms with E-state index in [9.17, 15) is 0 Å². The van der Waals surface area contributed by atoms with Gasteiger partial charge in [0.2, 0.25) is 0 Å². The number of fused-ring (bicyclic) bond motifs is 13. The van der Waals surface area contributed by atoms with Crippen molar-refractivity contribution in [3.05, 3.63) is 283 Å². The molecule has 0 fully saturated rings. The monoisotopic (exact) mass is 893 g/mol. The molecule has 0 unspecified atom stereocenters. The molecule has 0 saturated carbocycles. The molecule has 1 heterocycles. The van der Waals surface area contributed by atoms with E-state index < -0.39 is 5.41 Å². The van der Waals surface area contributed by atoms with Gasteiger partial charge in [0.25, 0.3) is 0 Å². The lowest BCUT2D eigenvalue weighted by molar-refractivity contribution is 0.794. The number of hydrogen-bond acceptors (Lipinski definition) is 2. The van der Waals surface area contributed by atoms with Gasteiger partial charge in [-0.2, -0.15) is 0 Å². The summed E-state index contributed by atoms with van der Waals surface area (Å²) >= 11 is 1.87. The van der Waals surface area contributed by atoms with Crippen LogP contribution in [0.2, 0.25) is 0 Å². The average molecular weight is 894 g/mol. The quantitative estimate of drug-likeness (QED) is 0.154. The fourth-order valence-corrected chi connectivity index (χ4v) is 13.0. The lowest BCUT2D eigenvalue weighted by atomic mass is 9.70. The minimum Gasteiger partial charge on any atom is -0.310 e. The van der Waals surface area contributed by atoms with Crippen LogP contribution in [-0.4, -0.2) is 0 Å². The third kappa shape index (κ3) is 5.96. The van der Waals surface area contributed by atoms with Gasteiger partial charge in [-0.15, -0.1) is 11.3 Å². The molecule has 69 heavy (non-hydrogen) atoms. The number of thiophene rings is 1. The smallest absolute Gasteiger partial charge is 0.0725 e. The highest BCUT2D eigenvalue weighted by atomic mass is 32.1. The lowest BCUT2D eigenvalue weighted by Crippen LogP contribution is -2.25. The molecule has 0 N–H and O–H groups in total. The second kappa shape index (κ2) is 15.8. The predicted molar refractivity (Wildman–Crippen MR) is 292 cm³/mol. The van der Waals surface area contributed by atoms with Crippen LogP contribution in [0.15, 0.2) is 261 Å². The number of nitrogens with zero attached hydrogens (tertiary/aromatic N) is 1. The minimum atomic E-state index is -0.427. The molecule has 11 aromatic carbocycles. The topological polar surface area (TPSA) is 3.24 Å². The zero-order chi connectivity index (χ0) is 45.5. The van der Waals surface area contributed by atoms with Gasteiger partial charge in [0.1, 0.15) is 0 Å². The Labute approximate surface area is 406 Å². The first-order valence-electron chi connectivity index (χ1n) is 23.8. The number of hydrogen-bond donors (Lipinski definition) is 0. The average Bonchev–Trinajstić information content (AvgIpc) is 4.06. The van der Waals surface area contributed by atoms with Crippen molar-refractivity contribution < 1.29 is 0 Å². The minimum absolute atomic E-state index is 0.427. The van der Waals surface area contributed by atoms with E-state index in [4.69, 9.17) is 0 Å². The van der Waals surface area contributed by atoms with Crippen LogP contribution < -0.4 is 4.90 Å². The van der Waals surface area contributed by atoms with E-state index in [1.807, 2.05) is 11.3 Å². The Morgan fingerprint density at radius 3 is 1.43 bits per heavy atom.